The normalized spacial score (nSPS) is 11.8. The van der Waals surface area contributed by atoms with Gasteiger partial charge in [-0.3, -0.25) is 14.5 Å². The number of rotatable bonds is 7. The summed E-state index contributed by atoms with van der Waals surface area (Å²) in [4.78, 5) is 30.6. The van der Waals surface area contributed by atoms with Crippen molar-refractivity contribution in [2.75, 3.05) is 11.9 Å². The molecule has 0 saturated heterocycles. The van der Waals surface area contributed by atoms with Crippen LogP contribution in [0.1, 0.15) is 12.0 Å². The van der Waals surface area contributed by atoms with E-state index in [1.54, 1.807) is 13.1 Å². The first-order valence-corrected chi connectivity index (χ1v) is 10.0. The number of nitrogens with two attached hydrogens (primary N) is 1. The van der Waals surface area contributed by atoms with Crippen LogP contribution in [0.25, 0.3) is 11.3 Å². The Hall–Kier alpha value is -2.70. The van der Waals surface area contributed by atoms with Crippen LogP contribution < -0.4 is 10.6 Å². The number of amides is 2. The van der Waals surface area contributed by atoms with Gasteiger partial charge in [0.05, 0.1) is 11.6 Å². The molecule has 28 heavy (non-hydrogen) atoms. The van der Waals surface area contributed by atoms with E-state index < -0.39 is 11.8 Å². The number of carbonyl (C=O) groups is 2. The first-order chi connectivity index (χ1) is 13.5. The molecule has 5 nitrogen and oxygen atoms in total. The Bertz CT molecular complexity index is 975. The summed E-state index contributed by atoms with van der Waals surface area (Å²) in [6, 6.07) is 17.0. The van der Waals surface area contributed by atoms with Gasteiger partial charge >= 0.3 is 0 Å². The Morgan fingerprint density at radius 1 is 1.14 bits per heavy atom. The molecular weight excluding hydrogens is 394 g/mol. The minimum absolute atomic E-state index is 0.0131. The summed E-state index contributed by atoms with van der Waals surface area (Å²) in [5, 5.41) is 3.01. The van der Waals surface area contributed by atoms with Crippen LogP contribution in [0.5, 0.6) is 0 Å². The van der Waals surface area contributed by atoms with Crippen LogP contribution in [0.3, 0.4) is 0 Å². The van der Waals surface area contributed by atoms with Crippen molar-refractivity contribution in [2.45, 2.75) is 12.8 Å². The fourth-order valence-electron chi connectivity index (χ4n) is 2.97. The molecule has 3 aromatic rings. The molecule has 0 fully saturated rings. The van der Waals surface area contributed by atoms with E-state index in [1.165, 1.54) is 16.2 Å². The molecule has 0 spiro atoms. The third kappa shape index (κ3) is 4.77. The summed E-state index contributed by atoms with van der Waals surface area (Å²) in [5.41, 5.74) is 7.88. The molecule has 0 radical (unpaired) electrons. The number of halogens is 1. The topological polar surface area (TPSA) is 76.3 Å². The highest BCUT2D eigenvalue weighted by Crippen LogP contribution is 2.32. The van der Waals surface area contributed by atoms with Crippen LogP contribution in [-0.4, -0.2) is 23.8 Å². The quantitative estimate of drug-likeness (QED) is 0.631. The van der Waals surface area contributed by atoms with Gasteiger partial charge < -0.3 is 5.73 Å². The second-order valence-corrected chi connectivity index (χ2v) is 7.69. The number of anilines is 1. The minimum atomic E-state index is -0.544. The maximum Gasteiger partial charge on any atom is 0.232 e. The molecule has 2 N–H and O–H groups in total. The Morgan fingerprint density at radius 2 is 1.82 bits per heavy atom. The molecule has 1 heterocycles. The summed E-state index contributed by atoms with van der Waals surface area (Å²) < 4.78 is 0. The number of benzene rings is 2. The van der Waals surface area contributed by atoms with Crippen molar-refractivity contribution in [2.24, 2.45) is 11.7 Å². The fourth-order valence-corrected chi connectivity index (χ4v) is 4.00. The van der Waals surface area contributed by atoms with Gasteiger partial charge in [-0.1, -0.05) is 60.1 Å². The lowest BCUT2D eigenvalue weighted by molar-refractivity contribution is -0.127. The number of thiazole rings is 1. The van der Waals surface area contributed by atoms with E-state index >= 15 is 0 Å². The molecule has 1 aromatic heterocycles. The fraction of sp³-hybridized carbons (Fsp3) is 0.190. The standard InChI is InChI=1S/C21H20ClN3O2S/c1-25(21-24-18(13-28-21)16-9-5-6-10-17(16)22)20(27)15(12-19(23)26)11-14-7-3-2-4-8-14/h2-10,13,15H,11-12H2,1H3,(H2,23,26)/t15-/m1/s1. The molecule has 0 bridgehead atoms. The lowest BCUT2D eigenvalue weighted by Crippen LogP contribution is -2.36. The predicted octanol–water partition coefficient (Wildman–Crippen LogP) is 4.16. The molecular formula is C21H20ClN3O2S. The monoisotopic (exact) mass is 413 g/mol. The smallest absolute Gasteiger partial charge is 0.232 e. The molecule has 0 aliphatic carbocycles. The van der Waals surface area contributed by atoms with Crippen LogP contribution in [0, 0.1) is 5.92 Å². The minimum Gasteiger partial charge on any atom is -0.370 e. The van der Waals surface area contributed by atoms with Crippen molar-refractivity contribution < 1.29 is 9.59 Å². The number of hydrogen-bond acceptors (Lipinski definition) is 4. The Labute approximate surface area is 172 Å². The number of primary amides is 1. The van der Waals surface area contributed by atoms with Gasteiger partial charge in [0.15, 0.2) is 5.13 Å². The summed E-state index contributed by atoms with van der Waals surface area (Å²) in [6.07, 6.45) is 0.427. The van der Waals surface area contributed by atoms with Crippen molar-refractivity contribution in [3.05, 3.63) is 70.6 Å². The van der Waals surface area contributed by atoms with Crippen molar-refractivity contribution in [1.29, 1.82) is 0 Å². The third-order valence-corrected chi connectivity index (χ3v) is 5.63. The van der Waals surface area contributed by atoms with E-state index in [4.69, 9.17) is 17.3 Å². The molecule has 0 aliphatic heterocycles. The second kappa shape index (κ2) is 8.99. The number of nitrogens with zero attached hydrogens (tertiary/aromatic N) is 2. The van der Waals surface area contributed by atoms with Gasteiger partial charge in [0.2, 0.25) is 11.8 Å². The molecule has 3 rings (SSSR count). The molecule has 144 valence electrons. The second-order valence-electron chi connectivity index (χ2n) is 6.45. The van der Waals surface area contributed by atoms with Crippen molar-refractivity contribution in [3.8, 4) is 11.3 Å². The summed E-state index contributed by atoms with van der Waals surface area (Å²) in [6.45, 7) is 0. The van der Waals surface area contributed by atoms with Gasteiger partial charge in [-0.25, -0.2) is 4.98 Å². The van der Waals surface area contributed by atoms with Crippen LogP contribution >= 0.6 is 22.9 Å². The van der Waals surface area contributed by atoms with E-state index in [1.807, 2.05) is 53.9 Å². The van der Waals surface area contributed by atoms with E-state index in [0.717, 1.165) is 11.1 Å². The molecule has 2 amide bonds. The summed E-state index contributed by atoms with van der Waals surface area (Å²) >= 11 is 7.59. The van der Waals surface area contributed by atoms with E-state index in [2.05, 4.69) is 4.98 Å². The molecule has 0 saturated carbocycles. The Kier molecular flexibility index (Phi) is 6.44. The lowest BCUT2D eigenvalue weighted by atomic mass is 9.94. The largest absolute Gasteiger partial charge is 0.370 e. The highest BCUT2D eigenvalue weighted by molar-refractivity contribution is 7.14. The van der Waals surface area contributed by atoms with E-state index in [-0.39, 0.29) is 12.3 Å². The van der Waals surface area contributed by atoms with Gasteiger partial charge in [-0.05, 0) is 18.1 Å². The van der Waals surface area contributed by atoms with E-state index in [9.17, 15) is 9.59 Å². The number of hydrogen-bond donors (Lipinski definition) is 1. The SMILES string of the molecule is CN(C(=O)[C@@H](CC(N)=O)Cc1ccccc1)c1nc(-c2ccccc2Cl)cs1. The maximum atomic E-state index is 13.1. The zero-order chi connectivity index (χ0) is 20.1. The van der Waals surface area contributed by atoms with Crippen molar-refractivity contribution in [3.63, 3.8) is 0 Å². The first-order valence-electron chi connectivity index (χ1n) is 8.76. The highest BCUT2D eigenvalue weighted by atomic mass is 35.5. The predicted molar refractivity (Wildman–Crippen MR) is 113 cm³/mol. The molecule has 2 aromatic carbocycles. The Balaban J connectivity index is 1.81. The zero-order valence-corrected chi connectivity index (χ0v) is 16.9. The van der Waals surface area contributed by atoms with Crippen LogP contribution in [-0.2, 0) is 16.0 Å². The molecule has 0 unspecified atom stereocenters. The zero-order valence-electron chi connectivity index (χ0n) is 15.3. The third-order valence-electron chi connectivity index (χ3n) is 4.38. The molecule has 1 atom stereocenters. The van der Waals surface area contributed by atoms with Gasteiger partial charge in [-0.15, -0.1) is 11.3 Å². The summed E-state index contributed by atoms with van der Waals surface area (Å²) in [7, 11) is 1.66. The number of carbonyl (C=O) groups excluding carboxylic acids is 2. The van der Waals surface area contributed by atoms with E-state index in [0.29, 0.717) is 22.3 Å². The summed E-state index contributed by atoms with van der Waals surface area (Å²) in [5.74, 6) is -1.24. The number of aromatic nitrogens is 1. The van der Waals surface area contributed by atoms with Crippen LogP contribution in [0.4, 0.5) is 5.13 Å². The van der Waals surface area contributed by atoms with Gasteiger partial charge in [0.1, 0.15) is 0 Å². The van der Waals surface area contributed by atoms with Gasteiger partial charge in [-0.2, -0.15) is 0 Å². The van der Waals surface area contributed by atoms with Crippen molar-refractivity contribution in [1.82, 2.24) is 4.98 Å². The lowest BCUT2D eigenvalue weighted by Gasteiger charge is -2.21. The van der Waals surface area contributed by atoms with Crippen molar-refractivity contribution >= 4 is 39.9 Å². The van der Waals surface area contributed by atoms with Crippen LogP contribution in [0.2, 0.25) is 5.02 Å². The maximum absolute atomic E-state index is 13.1. The molecule has 0 aliphatic rings. The molecule has 7 heteroatoms. The average molecular weight is 414 g/mol. The van der Waals surface area contributed by atoms with Crippen LogP contribution in [0.15, 0.2) is 60.0 Å². The highest BCUT2D eigenvalue weighted by Gasteiger charge is 2.26. The average Bonchev–Trinajstić information content (AvgIpc) is 3.17. The Morgan fingerprint density at radius 3 is 2.50 bits per heavy atom. The van der Waals surface area contributed by atoms with Gasteiger partial charge in [0.25, 0.3) is 0 Å². The first kappa shape index (κ1) is 20.0. The van der Waals surface area contributed by atoms with Gasteiger partial charge in [0, 0.05) is 29.4 Å².